The summed E-state index contributed by atoms with van der Waals surface area (Å²) in [6.07, 6.45) is 8.84. The van der Waals surface area contributed by atoms with E-state index in [-0.39, 0.29) is 11.1 Å². The second-order valence-corrected chi connectivity index (χ2v) is 7.92. The Morgan fingerprint density at radius 2 is 2.00 bits per heavy atom. The molecule has 34 heavy (non-hydrogen) atoms. The number of nitrogens with zero attached hydrogens (tertiary/aromatic N) is 3. The van der Waals surface area contributed by atoms with Crippen LogP contribution in [0.25, 0.3) is 50.3 Å². The molecule has 4 heterocycles. The Hall–Kier alpha value is -4.90. The van der Waals surface area contributed by atoms with Crippen LogP contribution in [0.1, 0.15) is 5.56 Å². The summed E-state index contributed by atoms with van der Waals surface area (Å²) in [6, 6.07) is 13.5. The van der Waals surface area contributed by atoms with Gasteiger partial charge in [-0.2, -0.15) is 5.26 Å². The molecule has 0 aliphatic heterocycles. The normalized spacial score (nSPS) is 11.6. The van der Waals surface area contributed by atoms with E-state index in [0.29, 0.717) is 5.52 Å². The number of carbonyl (C=O) groups is 1. The number of pyridine rings is 2. The Kier molecular flexibility index (Phi) is 5.07. The maximum absolute atomic E-state index is 12.5. The summed E-state index contributed by atoms with van der Waals surface area (Å²) in [4.78, 5) is 35.2. The molecule has 8 heteroatoms. The average molecular weight is 448 g/mol. The van der Waals surface area contributed by atoms with E-state index in [9.17, 15) is 14.9 Å². The fourth-order valence-corrected chi connectivity index (χ4v) is 4.13. The second kappa shape index (κ2) is 8.22. The Labute approximate surface area is 194 Å². The molecule has 0 aliphatic rings. The number of H-pyrrole nitrogens is 2. The minimum absolute atomic E-state index is 0.0337. The van der Waals surface area contributed by atoms with Gasteiger partial charge in [-0.1, -0.05) is 18.2 Å². The highest BCUT2D eigenvalue weighted by molar-refractivity contribution is 6.04. The zero-order valence-corrected chi connectivity index (χ0v) is 18.5. The van der Waals surface area contributed by atoms with E-state index in [4.69, 9.17) is 0 Å². The van der Waals surface area contributed by atoms with E-state index in [1.54, 1.807) is 30.1 Å². The minimum atomic E-state index is -0.429. The van der Waals surface area contributed by atoms with Crippen LogP contribution in [-0.4, -0.2) is 32.5 Å². The van der Waals surface area contributed by atoms with Crippen LogP contribution >= 0.6 is 0 Å². The molecule has 5 rings (SSSR count). The number of carbonyl (C=O) groups excluding carboxylic acids is 1. The summed E-state index contributed by atoms with van der Waals surface area (Å²) in [7, 11) is 3.23. The number of likely N-dealkylation sites (N-methyl/N-ethyl adjacent to an activating group) is 1. The number of aryl methyl sites for hydroxylation is 1. The summed E-state index contributed by atoms with van der Waals surface area (Å²) >= 11 is 0. The van der Waals surface area contributed by atoms with Crippen LogP contribution in [0.15, 0.2) is 71.6 Å². The van der Waals surface area contributed by atoms with Crippen LogP contribution < -0.4 is 10.9 Å². The van der Waals surface area contributed by atoms with Crippen molar-refractivity contribution in [1.29, 1.82) is 5.26 Å². The fourth-order valence-electron chi connectivity index (χ4n) is 4.13. The number of fused-ring (bicyclic) bond motifs is 2. The standard InChI is InChI=1S/C26H20N6O2/c1-28-25(33)17(11-27)9-15-4-3-5-16(8-15)18-10-20-21(13-31-24(20)30-12-18)22-14-32(2)26(34)23-19(22)6-7-29-23/h3-10,12-14,29H,1-2H3,(H,28,33)(H,30,31). The third-order valence-electron chi connectivity index (χ3n) is 5.84. The number of nitriles is 1. The molecule has 4 aromatic heterocycles. The maximum Gasteiger partial charge on any atom is 0.274 e. The molecule has 0 saturated heterocycles. The zero-order valence-electron chi connectivity index (χ0n) is 18.5. The number of aromatic amines is 2. The Morgan fingerprint density at radius 1 is 1.15 bits per heavy atom. The van der Waals surface area contributed by atoms with Gasteiger partial charge in [0.05, 0.1) is 0 Å². The van der Waals surface area contributed by atoms with Crippen LogP contribution in [-0.2, 0) is 11.8 Å². The lowest BCUT2D eigenvalue weighted by molar-refractivity contribution is -0.116. The van der Waals surface area contributed by atoms with Crippen LogP contribution in [0.2, 0.25) is 0 Å². The van der Waals surface area contributed by atoms with E-state index < -0.39 is 5.91 Å². The fraction of sp³-hybridized carbons (Fsp3) is 0.0769. The lowest BCUT2D eigenvalue weighted by atomic mass is 10.00. The first kappa shape index (κ1) is 21.0. The quantitative estimate of drug-likeness (QED) is 0.287. The van der Waals surface area contributed by atoms with Crippen molar-refractivity contribution in [3.8, 4) is 28.3 Å². The SMILES string of the molecule is CNC(=O)C(C#N)=Cc1cccc(-c2cnc3[nH]cc(-c4cn(C)c(=O)c5[nH]ccc45)c3c2)c1. The second-order valence-electron chi connectivity index (χ2n) is 7.92. The van der Waals surface area contributed by atoms with Gasteiger partial charge in [-0.3, -0.25) is 9.59 Å². The van der Waals surface area contributed by atoms with Gasteiger partial charge in [-0.05, 0) is 35.4 Å². The van der Waals surface area contributed by atoms with E-state index in [1.165, 1.54) is 7.05 Å². The van der Waals surface area contributed by atoms with E-state index >= 15 is 0 Å². The van der Waals surface area contributed by atoms with Crippen molar-refractivity contribution < 1.29 is 4.79 Å². The van der Waals surface area contributed by atoms with E-state index in [0.717, 1.165) is 44.2 Å². The van der Waals surface area contributed by atoms with Gasteiger partial charge in [0.25, 0.3) is 11.5 Å². The molecular weight excluding hydrogens is 428 g/mol. The summed E-state index contributed by atoms with van der Waals surface area (Å²) < 4.78 is 1.57. The van der Waals surface area contributed by atoms with Gasteiger partial charge in [-0.25, -0.2) is 4.98 Å². The summed E-state index contributed by atoms with van der Waals surface area (Å²) in [5, 5.41) is 13.5. The van der Waals surface area contributed by atoms with Crippen molar-refractivity contribution >= 4 is 33.9 Å². The van der Waals surface area contributed by atoms with Crippen molar-refractivity contribution in [2.75, 3.05) is 7.05 Å². The van der Waals surface area contributed by atoms with Gasteiger partial charge in [0, 0.05) is 66.3 Å². The Morgan fingerprint density at radius 3 is 2.79 bits per heavy atom. The van der Waals surface area contributed by atoms with Gasteiger partial charge >= 0.3 is 0 Å². The summed E-state index contributed by atoms with van der Waals surface area (Å²) in [6.45, 7) is 0. The lowest BCUT2D eigenvalue weighted by Crippen LogP contribution is -2.19. The molecule has 1 amide bonds. The number of hydrogen-bond donors (Lipinski definition) is 3. The van der Waals surface area contributed by atoms with Gasteiger partial charge < -0.3 is 19.9 Å². The molecule has 0 aliphatic carbocycles. The topological polar surface area (TPSA) is 119 Å². The zero-order chi connectivity index (χ0) is 23.8. The largest absolute Gasteiger partial charge is 0.357 e. The van der Waals surface area contributed by atoms with E-state index in [1.807, 2.05) is 54.9 Å². The Balaban J connectivity index is 1.64. The van der Waals surface area contributed by atoms with Gasteiger partial charge in [-0.15, -0.1) is 0 Å². The van der Waals surface area contributed by atoms with Crippen LogP contribution in [0.4, 0.5) is 0 Å². The molecule has 0 spiro atoms. The molecule has 5 aromatic rings. The molecule has 0 atom stereocenters. The van der Waals surface area contributed by atoms with Crippen molar-refractivity contribution in [2.24, 2.45) is 7.05 Å². The molecule has 0 radical (unpaired) electrons. The highest BCUT2D eigenvalue weighted by Gasteiger charge is 2.15. The van der Waals surface area contributed by atoms with Gasteiger partial charge in [0.15, 0.2) is 0 Å². The van der Waals surface area contributed by atoms with Crippen LogP contribution in [0, 0.1) is 11.3 Å². The molecule has 0 fully saturated rings. The van der Waals surface area contributed by atoms with Crippen LogP contribution in [0.5, 0.6) is 0 Å². The Bertz CT molecular complexity index is 1710. The molecule has 0 saturated carbocycles. The minimum Gasteiger partial charge on any atom is -0.357 e. The first-order valence-electron chi connectivity index (χ1n) is 10.6. The highest BCUT2D eigenvalue weighted by atomic mass is 16.1. The van der Waals surface area contributed by atoms with Crippen molar-refractivity contribution in [3.05, 3.63) is 82.7 Å². The van der Waals surface area contributed by atoms with Crippen molar-refractivity contribution in [3.63, 3.8) is 0 Å². The summed E-state index contributed by atoms with van der Waals surface area (Å²) in [5.74, 6) is -0.429. The summed E-state index contributed by atoms with van der Waals surface area (Å²) in [5.41, 5.74) is 5.62. The first-order chi connectivity index (χ1) is 16.5. The van der Waals surface area contributed by atoms with Gasteiger partial charge in [0.1, 0.15) is 22.8 Å². The predicted molar refractivity (Wildman–Crippen MR) is 132 cm³/mol. The number of hydrogen-bond acceptors (Lipinski definition) is 4. The number of aromatic nitrogens is 4. The number of amides is 1. The number of nitrogens with one attached hydrogen (secondary N) is 3. The molecule has 8 nitrogen and oxygen atoms in total. The average Bonchev–Trinajstić information content (AvgIpc) is 3.52. The molecular formula is C26H20N6O2. The maximum atomic E-state index is 12.5. The monoisotopic (exact) mass is 448 g/mol. The molecule has 166 valence electrons. The molecule has 0 unspecified atom stereocenters. The van der Waals surface area contributed by atoms with Crippen molar-refractivity contribution in [2.45, 2.75) is 0 Å². The van der Waals surface area contributed by atoms with E-state index in [2.05, 4.69) is 20.3 Å². The highest BCUT2D eigenvalue weighted by Crippen LogP contribution is 2.34. The number of benzene rings is 1. The van der Waals surface area contributed by atoms with Crippen molar-refractivity contribution in [1.82, 2.24) is 24.8 Å². The first-order valence-corrected chi connectivity index (χ1v) is 10.6. The molecule has 3 N–H and O–H groups in total. The number of rotatable bonds is 4. The molecule has 0 bridgehead atoms. The predicted octanol–water partition coefficient (Wildman–Crippen LogP) is 3.73. The third-order valence-corrected chi connectivity index (χ3v) is 5.84. The third kappa shape index (κ3) is 3.45. The smallest absolute Gasteiger partial charge is 0.274 e. The molecule has 1 aromatic carbocycles. The lowest BCUT2D eigenvalue weighted by Gasteiger charge is -2.07. The van der Waals surface area contributed by atoms with Gasteiger partial charge in [0.2, 0.25) is 0 Å². The van der Waals surface area contributed by atoms with Crippen LogP contribution in [0.3, 0.4) is 0 Å².